The highest BCUT2D eigenvalue weighted by Crippen LogP contribution is 2.34. The van der Waals surface area contributed by atoms with E-state index in [-0.39, 0.29) is 12.7 Å². The number of hydrogen-bond acceptors (Lipinski definition) is 3. The molecule has 1 saturated heterocycles. The van der Waals surface area contributed by atoms with Crippen molar-refractivity contribution in [3.63, 3.8) is 0 Å². The molecule has 2 aliphatic heterocycles. The van der Waals surface area contributed by atoms with Gasteiger partial charge in [-0.15, -0.1) is 0 Å². The molecule has 0 saturated carbocycles. The molecular formula is C15H21N2O3+. The maximum atomic E-state index is 12.0. The summed E-state index contributed by atoms with van der Waals surface area (Å²) in [5.74, 6) is 1.51. The van der Waals surface area contributed by atoms with Crippen LogP contribution in [0, 0.1) is 0 Å². The molecule has 2 heterocycles. The average molecular weight is 277 g/mol. The quantitative estimate of drug-likeness (QED) is 0.856. The predicted molar refractivity (Wildman–Crippen MR) is 75.2 cm³/mol. The van der Waals surface area contributed by atoms with Gasteiger partial charge in [-0.1, -0.05) is 0 Å². The maximum absolute atomic E-state index is 12.0. The minimum atomic E-state index is 0.0712. The summed E-state index contributed by atoms with van der Waals surface area (Å²) >= 11 is 0. The van der Waals surface area contributed by atoms with Crippen LogP contribution in [-0.4, -0.2) is 32.3 Å². The molecule has 2 aliphatic rings. The Balaban J connectivity index is 1.48. The molecule has 1 fully saturated rings. The van der Waals surface area contributed by atoms with Gasteiger partial charge in [0.2, 0.25) is 12.7 Å². The second-order valence-electron chi connectivity index (χ2n) is 5.43. The lowest BCUT2D eigenvalue weighted by Crippen LogP contribution is -3.12. The van der Waals surface area contributed by atoms with Crippen molar-refractivity contribution in [1.82, 2.24) is 0 Å². The Kier molecular flexibility index (Phi) is 4.06. The Labute approximate surface area is 118 Å². The van der Waals surface area contributed by atoms with E-state index in [0.717, 1.165) is 18.0 Å². The summed E-state index contributed by atoms with van der Waals surface area (Å²) < 4.78 is 10.5. The highest BCUT2D eigenvalue weighted by atomic mass is 16.7. The first kappa shape index (κ1) is 13.2. The smallest absolute Gasteiger partial charge is 0.231 e. The van der Waals surface area contributed by atoms with Gasteiger partial charge >= 0.3 is 0 Å². The molecule has 0 radical (unpaired) electrons. The van der Waals surface area contributed by atoms with Crippen LogP contribution in [0.3, 0.4) is 0 Å². The number of anilines is 1. The van der Waals surface area contributed by atoms with E-state index in [9.17, 15) is 4.79 Å². The van der Waals surface area contributed by atoms with Crippen molar-refractivity contribution in [2.24, 2.45) is 0 Å². The van der Waals surface area contributed by atoms with Gasteiger partial charge in [0.1, 0.15) is 0 Å². The second kappa shape index (κ2) is 6.13. The summed E-state index contributed by atoms with van der Waals surface area (Å²) in [5.41, 5.74) is 0.771. The third kappa shape index (κ3) is 3.22. The van der Waals surface area contributed by atoms with Crippen LogP contribution in [0.5, 0.6) is 11.5 Å². The Morgan fingerprint density at radius 1 is 1.15 bits per heavy atom. The maximum Gasteiger partial charge on any atom is 0.231 e. The van der Waals surface area contributed by atoms with E-state index in [1.165, 1.54) is 32.4 Å². The first-order chi connectivity index (χ1) is 9.81. The van der Waals surface area contributed by atoms with E-state index < -0.39 is 0 Å². The molecule has 5 heteroatoms. The second-order valence-corrected chi connectivity index (χ2v) is 5.43. The molecule has 0 aromatic heterocycles. The van der Waals surface area contributed by atoms with Gasteiger partial charge in [-0.3, -0.25) is 4.79 Å². The van der Waals surface area contributed by atoms with Crippen LogP contribution in [-0.2, 0) is 4.79 Å². The van der Waals surface area contributed by atoms with Gasteiger partial charge in [-0.25, -0.2) is 0 Å². The zero-order valence-corrected chi connectivity index (χ0v) is 11.6. The van der Waals surface area contributed by atoms with Crippen LogP contribution < -0.4 is 19.7 Å². The fraction of sp³-hybridized carbons (Fsp3) is 0.533. The SMILES string of the molecule is O=C(CC[NH+]1CCCCC1)Nc1ccc2c(c1)OCO2. The number of amides is 1. The van der Waals surface area contributed by atoms with Gasteiger partial charge in [0.25, 0.3) is 0 Å². The minimum Gasteiger partial charge on any atom is -0.454 e. The van der Waals surface area contributed by atoms with E-state index >= 15 is 0 Å². The van der Waals surface area contributed by atoms with Gasteiger partial charge in [0.05, 0.1) is 26.1 Å². The summed E-state index contributed by atoms with van der Waals surface area (Å²) in [7, 11) is 0. The van der Waals surface area contributed by atoms with Gasteiger partial charge in [0.15, 0.2) is 11.5 Å². The lowest BCUT2D eigenvalue weighted by atomic mass is 10.1. The Hall–Kier alpha value is -1.75. The third-order valence-electron chi connectivity index (χ3n) is 3.92. The normalized spacial score (nSPS) is 18.0. The van der Waals surface area contributed by atoms with Crippen molar-refractivity contribution in [3.8, 4) is 11.5 Å². The first-order valence-electron chi connectivity index (χ1n) is 7.34. The summed E-state index contributed by atoms with van der Waals surface area (Å²) in [6.07, 6.45) is 4.49. The number of likely N-dealkylation sites (tertiary alicyclic amines) is 1. The first-order valence-corrected chi connectivity index (χ1v) is 7.34. The predicted octanol–water partition coefficient (Wildman–Crippen LogP) is 0.813. The number of hydrogen-bond donors (Lipinski definition) is 2. The Bertz CT molecular complexity index is 484. The standard InChI is InChI=1S/C15H20N2O3/c18-15(6-9-17-7-2-1-3-8-17)16-12-4-5-13-14(10-12)20-11-19-13/h4-5,10H,1-3,6-9,11H2,(H,16,18)/p+1. The number of nitrogens with one attached hydrogen (secondary N) is 2. The van der Waals surface area contributed by atoms with Crippen molar-refractivity contribution >= 4 is 11.6 Å². The molecule has 108 valence electrons. The third-order valence-corrected chi connectivity index (χ3v) is 3.92. The van der Waals surface area contributed by atoms with Crippen LogP contribution in [0.15, 0.2) is 18.2 Å². The fourth-order valence-electron chi connectivity index (χ4n) is 2.79. The zero-order chi connectivity index (χ0) is 13.8. The number of quaternary nitrogens is 1. The molecule has 5 nitrogen and oxygen atoms in total. The van der Waals surface area contributed by atoms with Crippen LogP contribution in [0.1, 0.15) is 25.7 Å². The number of rotatable bonds is 4. The van der Waals surface area contributed by atoms with Gasteiger partial charge in [0, 0.05) is 11.8 Å². The van der Waals surface area contributed by atoms with Crippen LogP contribution in [0.25, 0.3) is 0 Å². The Morgan fingerprint density at radius 3 is 2.80 bits per heavy atom. The molecule has 20 heavy (non-hydrogen) atoms. The highest BCUT2D eigenvalue weighted by molar-refractivity contribution is 5.91. The number of carbonyl (C=O) groups excluding carboxylic acids is 1. The van der Waals surface area contributed by atoms with Crippen molar-refractivity contribution < 1.29 is 19.2 Å². The van der Waals surface area contributed by atoms with Gasteiger partial charge in [-0.05, 0) is 31.4 Å². The van der Waals surface area contributed by atoms with Crippen molar-refractivity contribution in [1.29, 1.82) is 0 Å². The average Bonchev–Trinajstić information content (AvgIpc) is 2.94. The van der Waals surface area contributed by atoms with E-state index in [0.29, 0.717) is 12.2 Å². The molecule has 0 unspecified atom stereocenters. The molecule has 0 spiro atoms. The molecule has 0 bridgehead atoms. The molecule has 3 rings (SSSR count). The van der Waals surface area contributed by atoms with Crippen LogP contribution >= 0.6 is 0 Å². The molecular weight excluding hydrogens is 256 g/mol. The van der Waals surface area contributed by atoms with Crippen LogP contribution in [0.2, 0.25) is 0 Å². The number of piperidine rings is 1. The summed E-state index contributed by atoms with van der Waals surface area (Å²) in [4.78, 5) is 13.5. The zero-order valence-electron chi connectivity index (χ0n) is 11.6. The van der Waals surface area contributed by atoms with E-state index in [2.05, 4.69) is 5.32 Å². The van der Waals surface area contributed by atoms with Crippen molar-refractivity contribution in [2.45, 2.75) is 25.7 Å². The van der Waals surface area contributed by atoms with E-state index in [4.69, 9.17) is 9.47 Å². The largest absolute Gasteiger partial charge is 0.454 e. The van der Waals surface area contributed by atoms with Crippen LogP contribution in [0.4, 0.5) is 5.69 Å². The Morgan fingerprint density at radius 2 is 1.95 bits per heavy atom. The number of carbonyl (C=O) groups is 1. The molecule has 0 atom stereocenters. The summed E-state index contributed by atoms with van der Waals surface area (Å²) in [6.45, 7) is 3.59. The summed E-state index contributed by atoms with van der Waals surface area (Å²) in [5, 5.41) is 2.92. The fourth-order valence-corrected chi connectivity index (χ4v) is 2.79. The van der Waals surface area contributed by atoms with E-state index in [1.807, 2.05) is 18.2 Å². The molecule has 2 N–H and O–H groups in total. The lowest BCUT2D eigenvalue weighted by Gasteiger charge is -2.23. The van der Waals surface area contributed by atoms with Crippen molar-refractivity contribution in [2.75, 3.05) is 31.7 Å². The number of benzene rings is 1. The summed E-state index contributed by atoms with van der Waals surface area (Å²) in [6, 6.07) is 5.49. The lowest BCUT2D eigenvalue weighted by molar-refractivity contribution is -0.904. The van der Waals surface area contributed by atoms with E-state index in [1.54, 1.807) is 4.90 Å². The number of fused-ring (bicyclic) bond motifs is 1. The topological polar surface area (TPSA) is 52.0 Å². The minimum absolute atomic E-state index is 0.0712. The molecule has 1 aromatic rings. The molecule has 1 aromatic carbocycles. The van der Waals surface area contributed by atoms with Gasteiger partial charge < -0.3 is 19.7 Å². The van der Waals surface area contributed by atoms with Crippen molar-refractivity contribution in [3.05, 3.63) is 18.2 Å². The monoisotopic (exact) mass is 277 g/mol. The molecule has 1 amide bonds. The highest BCUT2D eigenvalue weighted by Gasteiger charge is 2.16. The van der Waals surface area contributed by atoms with Gasteiger partial charge in [-0.2, -0.15) is 0 Å². The molecule has 0 aliphatic carbocycles. The number of ether oxygens (including phenoxy) is 2.